The van der Waals surface area contributed by atoms with E-state index in [0.717, 1.165) is 25.3 Å². The van der Waals surface area contributed by atoms with Crippen LogP contribution >= 0.6 is 0 Å². The maximum absolute atomic E-state index is 13.3. The van der Waals surface area contributed by atoms with Crippen molar-refractivity contribution in [1.82, 2.24) is 9.97 Å². The van der Waals surface area contributed by atoms with E-state index in [-0.39, 0.29) is 17.1 Å². The zero-order chi connectivity index (χ0) is 26.0. The maximum atomic E-state index is 13.3. The maximum Gasteiger partial charge on any atom is 0.573 e. The summed E-state index contributed by atoms with van der Waals surface area (Å²) >= 11 is 0. The van der Waals surface area contributed by atoms with Gasteiger partial charge in [0.25, 0.3) is 5.91 Å². The number of pyridine rings is 2. The second-order valence-electron chi connectivity index (χ2n) is 7.12. The van der Waals surface area contributed by atoms with E-state index in [1.807, 2.05) is 0 Å². The Hall–Kier alpha value is -4.03. The number of halogens is 6. The van der Waals surface area contributed by atoms with Crippen molar-refractivity contribution in [3.63, 3.8) is 0 Å². The summed E-state index contributed by atoms with van der Waals surface area (Å²) in [6.45, 7) is 3.38. The van der Waals surface area contributed by atoms with Gasteiger partial charge in [-0.2, -0.15) is 13.2 Å². The number of ether oxygens (including phenoxy) is 3. The van der Waals surface area contributed by atoms with Crippen molar-refractivity contribution in [2.24, 2.45) is 0 Å². The Morgan fingerprint density at radius 3 is 2.14 bits per heavy atom. The molecule has 0 aliphatic rings. The number of benzene rings is 1. The van der Waals surface area contributed by atoms with Gasteiger partial charge in [-0.1, -0.05) is 0 Å². The number of rotatable bonds is 6. The van der Waals surface area contributed by atoms with Crippen molar-refractivity contribution in [2.45, 2.75) is 26.4 Å². The van der Waals surface area contributed by atoms with Crippen LogP contribution in [0.5, 0.6) is 23.0 Å². The number of aryl methyl sites for hydroxylation is 2. The molecule has 0 atom stereocenters. The van der Waals surface area contributed by atoms with Crippen molar-refractivity contribution in [2.75, 3.05) is 12.4 Å². The van der Waals surface area contributed by atoms with Gasteiger partial charge in [0.05, 0.1) is 7.11 Å². The zero-order valence-electron chi connectivity index (χ0n) is 18.3. The molecule has 1 amide bonds. The minimum Gasteiger partial charge on any atom is -0.493 e. The summed E-state index contributed by atoms with van der Waals surface area (Å²) in [6.07, 6.45) is -9.15. The fourth-order valence-electron chi connectivity index (χ4n) is 3.00. The predicted molar refractivity (Wildman–Crippen MR) is 111 cm³/mol. The molecule has 0 unspecified atom stereocenters. The minimum absolute atomic E-state index is 0.272. The predicted octanol–water partition coefficient (Wildman–Crippen LogP) is 6.06. The van der Waals surface area contributed by atoms with E-state index in [1.54, 1.807) is 26.0 Å². The van der Waals surface area contributed by atoms with E-state index in [0.29, 0.717) is 29.3 Å². The van der Waals surface area contributed by atoms with Gasteiger partial charge < -0.3 is 19.5 Å². The van der Waals surface area contributed by atoms with Gasteiger partial charge in [0, 0.05) is 35.4 Å². The Kier molecular flexibility index (Phi) is 7.08. The standard InChI is InChI=1S/C22H17F6N3O4/c1-11-6-13(7-12(2)30-11)31-20(32)15-10-29-19(21(23,24)25)9-17(15)34-16-5-4-14(8-18(16)33-3)35-22(26,27)28/h4-10H,1-3H3,(H,30,31,32). The lowest BCUT2D eigenvalue weighted by molar-refractivity contribution is -0.274. The lowest BCUT2D eigenvalue weighted by Gasteiger charge is -2.16. The number of carbonyl (C=O) groups is 1. The molecule has 3 aromatic rings. The molecule has 0 spiro atoms. The van der Waals surface area contributed by atoms with E-state index in [1.165, 1.54) is 0 Å². The Bertz CT molecular complexity index is 1220. The average molecular weight is 501 g/mol. The number of nitrogens with zero attached hydrogens (tertiary/aromatic N) is 2. The van der Waals surface area contributed by atoms with Crippen LogP contribution in [0, 0.1) is 13.8 Å². The number of alkyl halides is 6. The Labute approximate surface area is 194 Å². The topological polar surface area (TPSA) is 82.6 Å². The van der Waals surface area contributed by atoms with Crippen LogP contribution in [0.1, 0.15) is 27.4 Å². The van der Waals surface area contributed by atoms with Crippen LogP contribution in [-0.4, -0.2) is 29.3 Å². The molecule has 13 heteroatoms. The molecule has 1 N–H and O–H groups in total. The molecular formula is C22H17F6N3O4. The number of hydrogen-bond acceptors (Lipinski definition) is 6. The van der Waals surface area contributed by atoms with Gasteiger partial charge >= 0.3 is 12.5 Å². The molecule has 0 radical (unpaired) electrons. The third-order valence-electron chi connectivity index (χ3n) is 4.33. The van der Waals surface area contributed by atoms with Crippen LogP contribution < -0.4 is 19.5 Å². The lowest BCUT2D eigenvalue weighted by Crippen LogP contribution is -2.17. The number of methoxy groups -OCH3 is 1. The monoisotopic (exact) mass is 501 g/mol. The number of carbonyl (C=O) groups excluding carboxylic acids is 1. The van der Waals surface area contributed by atoms with E-state index in [9.17, 15) is 31.1 Å². The molecule has 186 valence electrons. The molecule has 0 aliphatic carbocycles. The average Bonchev–Trinajstić information content (AvgIpc) is 2.72. The second kappa shape index (κ2) is 9.68. The van der Waals surface area contributed by atoms with Gasteiger partial charge in [-0.25, -0.2) is 0 Å². The summed E-state index contributed by atoms with van der Waals surface area (Å²) in [5, 5.41) is 2.53. The third kappa shape index (κ3) is 6.74. The number of hydrogen-bond donors (Lipinski definition) is 1. The smallest absolute Gasteiger partial charge is 0.493 e. The van der Waals surface area contributed by atoms with Crippen LogP contribution in [-0.2, 0) is 6.18 Å². The van der Waals surface area contributed by atoms with Crippen molar-refractivity contribution in [3.8, 4) is 23.0 Å². The van der Waals surface area contributed by atoms with Gasteiger partial charge in [0.15, 0.2) is 11.5 Å². The van der Waals surface area contributed by atoms with E-state index in [2.05, 4.69) is 20.0 Å². The first-order chi connectivity index (χ1) is 16.2. The first kappa shape index (κ1) is 25.6. The summed E-state index contributed by atoms with van der Waals surface area (Å²) < 4.78 is 91.5. The van der Waals surface area contributed by atoms with Crippen molar-refractivity contribution in [1.29, 1.82) is 0 Å². The second-order valence-corrected chi connectivity index (χ2v) is 7.12. The minimum atomic E-state index is -4.98. The quantitative estimate of drug-likeness (QED) is 0.414. The molecule has 0 bridgehead atoms. The molecule has 35 heavy (non-hydrogen) atoms. The number of amides is 1. The molecule has 0 fully saturated rings. The van der Waals surface area contributed by atoms with Gasteiger partial charge in [-0.05, 0) is 38.1 Å². The molecule has 2 aromatic heterocycles. The van der Waals surface area contributed by atoms with Gasteiger partial charge in [0.2, 0.25) is 0 Å². The fourth-order valence-corrected chi connectivity index (χ4v) is 3.00. The highest BCUT2D eigenvalue weighted by Gasteiger charge is 2.34. The normalized spacial score (nSPS) is 11.7. The van der Waals surface area contributed by atoms with E-state index >= 15 is 0 Å². The molecule has 0 aliphatic heterocycles. The van der Waals surface area contributed by atoms with Gasteiger partial charge in [-0.3, -0.25) is 14.8 Å². The fraction of sp³-hybridized carbons (Fsp3) is 0.227. The number of anilines is 1. The molecular weight excluding hydrogens is 484 g/mol. The van der Waals surface area contributed by atoms with Crippen LogP contribution in [0.3, 0.4) is 0 Å². The summed E-state index contributed by atoms with van der Waals surface area (Å²) in [7, 11) is 1.11. The van der Waals surface area contributed by atoms with Crippen LogP contribution in [0.2, 0.25) is 0 Å². The van der Waals surface area contributed by atoms with Crippen LogP contribution in [0.15, 0.2) is 42.6 Å². The van der Waals surface area contributed by atoms with Crippen LogP contribution in [0.25, 0.3) is 0 Å². The molecule has 1 aromatic carbocycles. The van der Waals surface area contributed by atoms with E-state index < -0.39 is 35.6 Å². The SMILES string of the molecule is COc1cc(OC(F)(F)F)ccc1Oc1cc(C(F)(F)F)ncc1C(=O)Nc1cc(C)nc(C)c1. The van der Waals surface area contributed by atoms with Gasteiger partial charge in [-0.15, -0.1) is 13.2 Å². The lowest BCUT2D eigenvalue weighted by atomic mass is 10.2. The molecule has 0 saturated carbocycles. The molecule has 0 saturated heterocycles. The number of nitrogens with one attached hydrogen (secondary N) is 1. The highest BCUT2D eigenvalue weighted by molar-refractivity contribution is 6.06. The summed E-state index contributed by atoms with van der Waals surface area (Å²) in [6, 6.07) is 6.29. The first-order valence-corrected chi connectivity index (χ1v) is 9.70. The Balaban J connectivity index is 2.00. The van der Waals surface area contributed by atoms with Crippen molar-refractivity contribution in [3.05, 3.63) is 65.2 Å². The Morgan fingerprint density at radius 1 is 0.914 bits per heavy atom. The van der Waals surface area contributed by atoms with Crippen molar-refractivity contribution < 1.29 is 45.3 Å². The van der Waals surface area contributed by atoms with E-state index in [4.69, 9.17) is 9.47 Å². The Morgan fingerprint density at radius 2 is 1.57 bits per heavy atom. The molecule has 3 rings (SSSR count). The zero-order valence-corrected chi connectivity index (χ0v) is 18.3. The summed E-state index contributed by atoms with van der Waals surface area (Å²) in [4.78, 5) is 20.3. The largest absolute Gasteiger partial charge is 0.573 e. The summed E-state index contributed by atoms with van der Waals surface area (Å²) in [5.74, 6) is -2.61. The third-order valence-corrected chi connectivity index (χ3v) is 4.33. The van der Waals surface area contributed by atoms with Gasteiger partial charge in [0.1, 0.15) is 22.8 Å². The highest BCUT2D eigenvalue weighted by Crippen LogP contribution is 2.39. The molecule has 2 heterocycles. The molecule has 7 nitrogen and oxygen atoms in total. The summed E-state index contributed by atoms with van der Waals surface area (Å²) in [5.41, 5.74) is -0.211. The van der Waals surface area contributed by atoms with Crippen molar-refractivity contribution >= 4 is 11.6 Å². The van der Waals surface area contributed by atoms with Crippen LogP contribution in [0.4, 0.5) is 32.0 Å². The number of aromatic nitrogens is 2. The first-order valence-electron chi connectivity index (χ1n) is 9.70. The highest BCUT2D eigenvalue weighted by atomic mass is 19.4.